The van der Waals surface area contributed by atoms with Gasteiger partial charge in [0, 0.05) is 10.0 Å². The summed E-state index contributed by atoms with van der Waals surface area (Å²) < 4.78 is 1.01. The molecule has 0 fully saturated rings. The van der Waals surface area contributed by atoms with E-state index in [4.69, 9.17) is 5.73 Å². The van der Waals surface area contributed by atoms with Gasteiger partial charge in [-0.25, -0.2) is 9.98 Å². The number of aryl methyl sites for hydroxylation is 2. The fraction of sp³-hybridized carbons (Fsp3) is 0.143. The van der Waals surface area contributed by atoms with Crippen molar-refractivity contribution in [2.24, 2.45) is 10.7 Å². The molecular weight excluding hydrogens is 290 g/mol. The molecule has 0 saturated heterocycles. The smallest absolute Gasteiger partial charge is 0.154 e. The lowest BCUT2D eigenvalue weighted by atomic mass is 10.2. The van der Waals surface area contributed by atoms with E-state index in [9.17, 15) is 0 Å². The van der Waals surface area contributed by atoms with Gasteiger partial charge < -0.3 is 5.73 Å². The summed E-state index contributed by atoms with van der Waals surface area (Å²) in [6.07, 6.45) is 0. The van der Waals surface area contributed by atoms with Gasteiger partial charge in [-0.3, -0.25) is 0 Å². The average Bonchev–Trinajstić information content (AvgIpc) is 2.37. The van der Waals surface area contributed by atoms with Crippen LogP contribution in [0.4, 0.5) is 5.82 Å². The summed E-state index contributed by atoms with van der Waals surface area (Å²) in [4.78, 5) is 8.74. The molecule has 2 rings (SSSR count). The zero-order valence-corrected chi connectivity index (χ0v) is 11.9. The molecule has 1 aromatic heterocycles. The number of benzene rings is 1. The van der Waals surface area contributed by atoms with E-state index in [0.717, 1.165) is 21.3 Å². The first-order chi connectivity index (χ1) is 8.58. The lowest BCUT2D eigenvalue weighted by molar-refractivity contribution is 1.13. The van der Waals surface area contributed by atoms with Crippen LogP contribution in [-0.2, 0) is 0 Å². The molecule has 0 aliphatic carbocycles. The maximum Gasteiger partial charge on any atom is 0.154 e. The minimum absolute atomic E-state index is 0.476. The standard InChI is InChI=1S/C14H14BrN3/c1-9-8-12(17-10(2)13(9)15)18-14(16)11-6-4-3-5-7-11/h3-8H,1-2H3,(H2,16,17,18). The molecule has 18 heavy (non-hydrogen) atoms. The number of aliphatic imine (C=N–C) groups is 1. The van der Waals surface area contributed by atoms with Crippen LogP contribution < -0.4 is 5.73 Å². The molecule has 3 nitrogen and oxygen atoms in total. The first kappa shape index (κ1) is 12.8. The van der Waals surface area contributed by atoms with Crippen LogP contribution in [0.1, 0.15) is 16.8 Å². The third kappa shape index (κ3) is 2.76. The number of nitrogens with zero attached hydrogens (tertiary/aromatic N) is 2. The van der Waals surface area contributed by atoms with Gasteiger partial charge in [0.2, 0.25) is 0 Å². The molecule has 2 aromatic rings. The van der Waals surface area contributed by atoms with Gasteiger partial charge in [-0.05, 0) is 41.4 Å². The first-order valence-corrected chi connectivity index (χ1v) is 6.40. The van der Waals surface area contributed by atoms with Gasteiger partial charge in [-0.15, -0.1) is 0 Å². The fourth-order valence-electron chi connectivity index (χ4n) is 1.65. The quantitative estimate of drug-likeness (QED) is 0.682. The Morgan fingerprint density at radius 2 is 1.89 bits per heavy atom. The molecule has 0 unspecified atom stereocenters. The van der Waals surface area contributed by atoms with E-state index in [0.29, 0.717) is 11.7 Å². The van der Waals surface area contributed by atoms with Gasteiger partial charge in [0.1, 0.15) is 5.84 Å². The van der Waals surface area contributed by atoms with Gasteiger partial charge in [0.15, 0.2) is 5.82 Å². The summed E-state index contributed by atoms with van der Waals surface area (Å²) in [5.41, 5.74) is 8.87. The number of amidine groups is 1. The molecule has 1 heterocycles. The number of rotatable bonds is 2. The maximum absolute atomic E-state index is 5.96. The van der Waals surface area contributed by atoms with Gasteiger partial charge in [0.25, 0.3) is 0 Å². The van der Waals surface area contributed by atoms with Crippen LogP contribution in [0.25, 0.3) is 0 Å². The minimum Gasteiger partial charge on any atom is -0.383 e. The van der Waals surface area contributed by atoms with Crippen molar-refractivity contribution in [3.8, 4) is 0 Å². The van der Waals surface area contributed by atoms with E-state index in [-0.39, 0.29) is 0 Å². The predicted octanol–water partition coefficient (Wildman–Crippen LogP) is 3.50. The van der Waals surface area contributed by atoms with Crippen molar-refractivity contribution in [1.29, 1.82) is 0 Å². The Morgan fingerprint density at radius 1 is 1.22 bits per heavy atom. The number of halogens is 1. The Kier molecular flexibility index (Phi) is 3.77. The molecule has 0 amide bonds. The molecule has 0 saturated carbocycles. The van der Waals surface area contributed by atoms with E-state index in [2.05, 4.69) is 25.9 Å². The van der Waals surface area contributed by atoms with Crippen molar-refractivity contribution in [1.82, 2.24) is 4.98 Å². The molecule has 0 spiro atoms. The van der Waals surface area contributed by atoms with Gasteiger partial charge in [-0.1, -0.05) is 30.3 Å². The second-order valence-electron chi connectivity index (χ2n) is 4.06. The van der Waals surface area contributed by atoms with E-state index in [1.807, 2.05) is 50.2 Å². The molecule has 0 aliphatic heterocycles. The van der Waals surface area contributed by atoms with Crippen LogP contribution in [0.5, 0.6) is 0 Å². The number of hydrogen-bond donors (Lipinski definition) is 1. The van der Waals surface area contributed by atoms with Crippen molar-refractivity contribution in [2.45, 2.75) is 13.8 Å². The maximum atomic E-state index is 5.96. The minimum atomic E-state index is 0.476. The molecule has 4 heteroatoms. The second kappa shape index (κ2) is 5.31. The lowest BCUT2D eigenvalue weighted by Crippen LogP contribution is -2.12. The van der Waals surface area contributed by atoms with Crippen LogP contribution in [0.15, 0.2) is 45.9 Å². The monoisotopic (exact) mass is 303 g/mol. The van der Waals surface area contributed by atoms with E-state index in [1.54, 1.807) is 0 Å². The molecule has 1 aromatic carbocycles. The number of hydrogen-bond acceptors (Lipinski definition) is 2. The zero-order valence-electron chi connectivity index (χ0n) is 10.3. The van der Waals surface area contributed by atoms with E-state index in [1.165, 1.54) is 0 Å². The zero-order chi connectivity index (χ0) is 13.1. The topological polar surface area (TPSA) is 51.3 Å². The van der Waals surface area contributed by atoms with Crippen LogP contribution in [0, 0.1) is 13.8 Å². The van der Waals surface area contributed by atoms with Crippen molar-refractivity contribution < 1.29 is 0 Å². The molecule has 0 aliphatic rings. The Hall–Kier alpha value is -1.68. The summed E-state index contributed by atoms with van der Waals surface area (Å²) in [6.45, 7) is 3.95. The molecule has 2 N–H and O–H groups in total. The van der Waals surface area contributed by atoms with Gasteiger partial charge >= 0.3 is 0 Å². The van der Waals surface area contributed by atoms with Crippen LogP contribution in [0.3, 0.4) is 0 Å². The molecule has 0 bridgehead atoms. The van der Waals surface area contributed by atoms with E-state index >= 15 is 0 Å². The van der Waals surface area contributed by atoms with E-state index < -0.39 is 0 Å². The van der Waals surface area contributed by atoms with Gasteiger partial charge in [0.05, 0.1) is 5.69 Å². The second-order valence-corrected chi connectivity index (χ2v) is 4.85. The van der Waals surface area contributed by atoms with Crippen molar-refractivity contribution in [2.75, 3.05) is 0 Å². The highest BCUT2D eigenvalue weighted by Crippen LogP contribution is 2.23. The SMILES string of the molecule is Cc1cc(N=C(N)c2ccccc2)nc(C)c1Br. The van der Waals surface area contributed by atoms with Crippen LogP contribution in [-0.4, -0.2) is 10.8 Å². The number of pyridine rings is 1. The highest BCUT2D eigenvalue weighted by Gasteiger charge is 2.04. The Bertz CT molecular complexity index is 568. The number of aromatic nitrogens is 1. The van der Waals surface area contributed by atoms with Crippen LogP contribution in [0.2, 0.25) is 0 Å². The summed E-state index contributed by atoms with van der Waals surface area (Å²) in [5, 5.41) is 0. The molecular formula is C14H14BrN3. The predicted molar refractivity (Wildman–Crippen MR) is 78.2 cm³/mol. The lowest BCUT2D eigenvalue weighted by Gasteiger charge is -2.05. The van der Waals surface area contributed by atoms with Crippen LogP contribution >= 0.6 is 15.9 Å². The third-order valence-electron chi connectivity index (χ3n) is 2.60. The number of nitrogens with two attached hydrogens (primary N) is 1. The van der Waals surface area contributed by atoms with Crippen molar-refractivity contribution >= 4 is 27.6 Å². The highest BCUT2D eigenvalue weighted by atomic mass is 79.9. The normalized spacial score (nSPS) is 11.6. The molecule has 0 radical (unpaired) electrons. The molecule has 0 atom stereocenters. The average molecular weight is 304 g/mol. The third-order valence-corrected chi connectivity index (χ3v) is 3.80. The largest absolute Gasteiger partial charge is 0.383 e. The molecule has 92 valence electrons. The summed E-state index contributed by atoms with van der Waals surface area (Å²) >= 11 is 3.48. The van der Waals surface area contributed by atoms with Gasteiger partial charge in [-0.2, -0.15) is 0 Å². The highest BCUT2D eigenvalue weighted by molar-refractivity contribution is 9.10. The first-order valence-electron chi connectivity index (χ1n) is 5.61. The summed E-state index contributed by atoms with van der Waals surface area (Å²) in [7, 11) is 0. The summed E-state index contributed by atoms with van der Waals surface area (Å²) in [5.74, 6) is 1.11. The Balaban J connectivity index is 2.39. The van der Waals surface area contributed by atoms with Crippen molar-refractivity contribution in [3.63, 3.8) is 0 Å². The summed E-state index contributed by atoms with van der Waals surface area (Å²) in [6, 6.07) is 11.6. The Labute approximate surface area is 115 Å². The Morgan fingerprint density at radius 3 is 2.50 bits per heavy atom. The van der Waals surface area contributed by atoms with Crippen molar-refractivity contribution in [3.05, 3.63) is 57.7 Å². The fourth-order valence-corrected chi connectivity index (χ4v) is 1.85.